The first-order valence-corrected chi connectivity index (χ1v) is 7.07. The number of nitrogens with zero attached hydrogens (tertiary/aromatic N) is 1. The molecule has 0 aliphatic carbocycles. The highest BCUT2D eigenvalue weighted by Crippen LogP contribution is 2.25. The number of likely N-dealkylation sites (tertiary alicyclic amines) is 1. The van der Waals surface area contributed by atoms with Crippen LogP contribution >= 0.6 is 11.3 Å². The molecule has 2 heterocycles. The topological polar surface area (TPSA) is 57.6 Å². The molecule has 2 rings (SSSR count). The second-order valence-electron chi connectivity index (χ2n) is 4.69. The van der Waals surface area contributed by atoms with Crippen LogP contribution in [0.25, 0.3) is 0 Å². The molecule has 1 aliphatic rings. The van der Waals surface area contributed by atoms with Crippen molar-refractivity contribution in [1.29, 1.82) is 0 Å². The van der Waals surface area contributed by atoms with Gasteiger partial charge in [-0.25, -0.2) is 0 Å². The van der Waals surface area contributed by atoms with Crippen LogP contribution in [0.3, 0.4) is 0 Å². The molecule has 0 aromatic carbocycles. The molecule has 4 nitrogen and oxygen atoms in total. The van der Waals surface area contributed by atoms with Gasteiger partial charge in [0.05, 0.1) is 5.92 Å². The molecule has 1 saturated heterocycles. The molecule has 1 aromatic rings. The average molecular weight is 267 g/mol. The van der Waals surface area contributed by atoms with E-state index in [0.29, 0.717) is 19.4 Å². The summed E-state index contributed by atoms with van der Waals surface area (Å²) in [7, 11) is 0. The molecule has 1 amide bonds. The zero-order valence-electron chi connectivity index (χ0n) is 10.3. The highest BCUT2D eigenvalue weighted by molar-refractivity contribution is 7.07. The summed E-state index contributed by atoms with van der Waals surface area (Å²) in [5.74, 6) is -1.14. The lowest BCUT2D eigenvalue weighted by Crippen LogP contribution is -2.37. The largest absolute Gasteiger partial charge is 0.481 e. The van der Waals surface area contributed by atoms with Crippen molar-refractivity contribution in [3.63, 3.8) is 0 Å². The van der Waals surface area contributed by atoms with Crippen molar-refractivity contribution in [2.75, 3.05) is 6.54 Å². The fourth-order valence-electron chi connectivity index (χ4n) is 2.45. The number of carbonyl (C=O) groups excluding carboxylic acids is 1. The Balaban J connectivity index is 1.88. The number of hydrogen-bond acceptors (Lipinski definition) is 3. The monoisotopic (exact) mass is 267 g/mol. The number of hydrogen-bond donors (Lipinski definition) is 1. The van der Waals surface area contributed by atoms with Crippen LogP contribution in [0, 0.1) is 5.92 Å². The Bertz CT molecular complexity index is 429. The van der Waals surface area contributed by atoms with Crippen LogP contribution in [0.4, 0.5) is 0 Å². The molecule has 2 atom stereocenters. The van der Waals surface area contributed by atoms with Crippen molar-refractivity contribution < 1.29 is 14.7 Å². The lowest BCUT2D eigenvalue weighted by Gasteiger charge is -2.23. The lowest BCUT2D eigenvalue weighted by atomic mass is 10.0. The maximum Gasteiger partial charge on any atom is 0.308 e. The Morgan fingerprint density at radius 1 is 1.56 bits per heavy atom. The summed E-state index contributed by atoms with van der Waals surface area (Å²) in [4.78, 5) is 24.8. The third-order valence-corrected chi connectivity index (χ3v) is 4.33. The van der Waals surface area contributed by atoms with Gasteiger partial charge in [-0.3, -0.25) is 9.59 Å². The first-order valence-electron chi connectivity index (χ1n) is 6.13. The summed E-state index contributed by atoms with van der Waals surface area (Å²) >= 11 is 1.63. The number of carboxylic acid groups (broad SMARTS) is 1. The third kappa shape index (κ3) is 2.72. The Morgan fingerprint density at radius 3 is 2.89 bits per heavy atom. The van der Waals surface area contributed by atoms with Gasteiger partial charge in [0, 0.05) is 19.0 Å². The average Bonchev–Trinajstić information content (AvgIpc) is 2.94. The molecule has 0 spiro atoms. The van der Waals surface area contributed by atoms with E-state index in [4.69, 9.17) is 5.11 Å². The molecule has 1 N–H and O–H groups in total. The first kappa shape index (κ1) is 13.1. The van der Waals surface area contributed by atoms with Gasteiger partial charge in [0.15, 0.2) is 0 Å². The summed E-state index contributed by atoms with van der Waals surface area (Å²) in [6, 6.07) is 1.84. The van der Waals surface area contributed by atoms with Gasteiger partial charge in [-0.2, -0.15) is 11.3 Å². The zero-order chi connectivity index (χ0) is 13.1. The minimum absolute atomic E-state index is 0.0671. The van der Waals surface area contributed by atoms with Gasteiger partial charge >= 0.3 is 5.97 Å². The van der Waals surface area contributed by atoms with Crippen molar-refractivity contribution in [2.24, 2.45) is 5.92 Å². The standard InChI is InChI=1S/C13H17NO3S/c1-9-11(13(16)17)4-6-14(9)12(15)3-2-10-5-7-18-8-10/h5,7-9,11H,2-4,6H2,1H3,(H,16,17). The van der Waals surface area contributed by atoms with E-state index in [1.54, 1.807) is 16.2 Å². The molecular weight excluding hydrogens is 250 g/mol. The zero-order valence-corrected chi connectivity index (χ0v) is 11.2. The van der Waals surface area contributed by atoms with Crippen LogP contribution in [-0.2, 0) is 16.0 Å². The Kier molecular flexibility index (Phi) is 4.01. The molecule has 18 heavy (non-hydrogen) atoms. The highest BCUT2D eigenvalue weighted by Gasteiger charge is 2.37. The van der Waals surface area contributed by atoms with Crippen LogP contribution in [0.15, 0.2) is 16.8 Å². The predicted octanol–water partition coefficient (Wildman–Crippen LogP) is 2.00. The third-order valence-electron chi connectivity index (χ3n) is 3.60. The van der Waals surface area contributed by atoms with E-state index in [1.807, 2.05) is 23.8 Å². The van der Waals surface area contributed by atoms with Crippen LogP contribution in [0.2, 0.25) is 0 Å². The molecule has 0 saturated carbocycles. The number of thiophene rings is 1. The summed E-state index contributed by atoms with van der Waals surface area (Å²) in [5.41, 5.74) is 1.18. The second kappa shape index (κ2) is 5.52. The van der Waals surface area contributed by atoms with Crippen molar-refractivity contribution in [1.82, 2.24) is 4.90 Å². The fourth-order valence-corrected chi connectivity index (χ4v) is 3.15. The molecule has 0 radical (unpaired) electrons. The van der Waals surface area contributed by atoms with E-state index in [2.05, 4.69) is 0 Å². The molecular formula is C13H17NO3S. The maximum atomic E-state index is 12.1. The first-order chi connectivity index (χ1) is 8.59. The van der Waals surface area contributed by atoms with Crippen molar-refractivity contribution in [3.8, 4) is 0 Å². The van der Waals surface area contributed by atoms with Crippen molar-refractivity contribution >= 4 is 23.2 Å². The van der Waals surface area contributed by atoms with Crippen LogP contribution < -0.4 is 0 Å². The molecule has 1 aliphatic heterocycles. The van der Waals surface area contributed by atoms with E-state index < -0.39 is 11.9 Å². The Labute approximate surface area is 110 Å². The van der Waals surface area contributed by atoms with Crippen LogP contribution in [0.1, 0.15) is 25.3 Å². The van der Waals surface area contributed by atoms with Gasteiger partial charge in [0.1, 0.15) is 0 Å². The summed E-state index contributed by atoms with van der Waals surface area (Å²) in [6.45, 7) is 2.40. The fraction of sp³-hybridized carbons (Fsp3) is 0.538. The number of carbonyl (C=O) groups is 2. The van der Waals surface area contributed by atoms with Gasteiger partial charge in [-0.05, 0) is 42.2 Å². The smallest absolute Gasteiger partial charge is 0.308 e. The molecule has 0 bridgehead atoms. The normalized spacial score (nSPS) is 23.3. The van der Waals surface area contributed by atoms with Crippen LogP contribution in [-0.4, -0.2) is 34.5 Å². The van der Waals surface area contributed by atoms with E-state index in [9.17, 15) is 9.59 Å². The van der Waals surface area contributed by atoms with E-state index in [1.165, 1.54) is 5.56 Å². The number of amides is 1. The van der Waals surface area contributed by atoms with E-state index in [0.717, 1.165) is 6.42 Å². The molecule has 1 fully saturated rings. The lowest BCUT2D eigenvalue weighted by molar-refractivity contribution is -0.143. The number of rotatable bonds is 4. The molecule has 5 heteroatoms. The predicted molar refractivity (Wildman–Crippen MR) is 69.6 cm³/mol. The van der Waals surface area contributed by atoms with Gasteiger partial charge in [0.2, 0.25) is 5.91 Å². The SMILES string of the molecule is CC1C(C(=O)O)CCN1C(=O)CCc1ccsc1. The Hall–Kier alpha value is -1.36. The van der Waals surface area contributed by atoms with E-state index in [-0.39, 0.29) is 11.9 Å². The minimum Gasteiger partial charge on any atom is -0.481 e. The number of carboxylic acids is 1. The minimum atomic E-state index is -0.796. The van der Waals surface area contributed by atoms with E-state index >= 15 is 0 Å². The van der Waals surface area contributed by atoms with Gasteiger partial charge in [0.25, 0.3) is 0 Å². The number of aliphatic carboxylic acids is 1. The Morgan fingerprint density at radius 2 is 2.33 bits per heavy atom. The van der Waals surface area contributed by atoms with Gasteiger partial charge in [-0.15, -0.1) is 0 Å². The van der Waals surface area contributed by atoms with Crippen LogP contribution in [0.5, 0.6) is 0 Å². The second-order valence-corrected chi connectivity index (χ2v) is 5.47. The highest BCUT2D eigenvalue weighted by atomic mass is 32.1. The molecule has 98 valence electrons. The van der Waals surface area contributed by atoms with Gasteiger partial charge < -0.3 is 10.0 Å². The van der Waals surface area contributed by atoms with Crippen molar-refractivity contribution in [2.45, 2.75) is 32.2 Å². The maximum absolute atomic E-state index is 12.1. The molecule has 1 aromatic heterocycles. The summed E-state index contributed by atoms with van der Waals surface area (Å²) in [5, 5.41) is 13.1. The summed E-state index contributed by atoms with van der Waals surface area (Å²) in [6.07, 6.45) is 1.78. The number of aryl methyl sites for hydroxylation is 1. The summed E-state index contributed by atoms with van der Waals surface area (Å²) < 4.78 is 0. The van der Waals surface area contributed by atoms with Crippen molar-refractivity contribution in [3.05, 3.63) is 22.4 Å². The van der Waals surface area contributed by atoms with Gasteiger partial charge in [-0.1, -0.05) is 0 Å². The molecule has 2 unspecified atom stereocenters. The quantitative estimate of drug-likeness (QED) is 0.907.